The van der Waals surface area contributed by atoms with Gasteiger partial charge in [-0.15, -0.1) is 5.10 Å². The van der Waals surface area contributed by atoms with Crippen LogP contribution >= 0.6 is 0 Å². The van der Waals surface area contributed by atoms with Gasteiger partial charge in [0.05, 0.1) is 34.3 Å². The maximum absolute atomic E-state index is 14.5. The second-order valence-corrected chi connectivity index (χ2v) is 11.1. The molecule has 1 aromatic carbocycles. The molecule has 0 radical (unpaired) electrons. The SMILES string of the molecule is CC[C@H](C)Cn1ccc(-c2cncc([C@@]34CC[C@@H](c5cc(-c6c(F)cccc6F)nnc53)C4(C)C)n2)n1. The Morgan fingerprint density at radius 3 is 2.59 bits per heavy atom. The Labute approximate surface area is 215 Å². The van der Waals surface area contributed by atoms with Gasteiger partial charge in [0, 0.05) is 18.9 Å². The Balaban J connectivity index is 1.43. The lowest BCUT2D eigenvalue weighted by atomic mass is 9.66. The van der Waals surface area contributed by atoms with Crippen molar-refractivity contribution >= 4 is 0 Å². The number of hydrogen-bond donors (Lipinski definition) is 0. The van der Waals surface area contributed by atoms with Gasteiger partial charge in [-0.2, -0.15) is 10.2 Å². The maximum atomic E-state index is 14.5. The molecule has 0 amide bonds. The molecule has 4 aromatic rings. The zero-order chi connectivity index (χ0) is 25.9. The van der Waals surface area contributed by atoms with Crippen LogP contribution in [0, 0.1) is 23.0 Å². The van der Waals surface area contributed by atoms with Crippen LogP contribution in [0.3, 0.4) is 0 Å². The fourth-order valence-corrected chi connectivity index (χ4v) is 6.50. The molecule has 0 spiro atoms. The predicted octanol–water partition coefficient (Wildman–Crippen LogP) is 6.32. The van der Waals surface area contributed by atoms with Crippen LogP contribution in [-0.4, -0.2) is 29.9 Å². The van der Waals surface area contributed by atoms with Crippen molar-refractivity contribution < 1.29 is 8.78 Å². The summed E-state index contributed by atoms with van der Waals surface area (Å²) in [5.41, 5.74) is 3.55. The summed E-state index contributed by atoms with van der Waals surface area (Å²) in [6.45, 7) is 9.70. The highest BCUT2D eigenvalue weighted by Crippen LogP contribution is 2.69. The van der Waals surface area contributed by atoms with Crippen LogP contribution < -0.4 is 0 Å². The largest absolute Gasteiger partial charge is 0.272 e. The summed E-state index contributed by atoms with van der Waals surface area (Å²) in [5.74, 6) is -0.571. The second-order valence-electron chi connectivity index (χ2n) is 11.1. The van der Waals surface area contributed by atoms with E-state index in [-0.39, 0.29) is 22.6 Å². The summed E-state index contributed by atoms with van der Waals surface area (Å²) in [5, 5.41) is 13.7. The molecule has 1 saturated carbocycles. The van der Waals surface area contributed by atoms with E-state index in [0.717, 1.165) is 54.1 Å². The Bertz CT molecular complexity index is 1480. The molecule has 6 nitrogen and oxygen atoms in total. The Morgan fingerprint density at radius 2 is 1.84 bits per heavy atom. The van der Waals surface area contributed by atoms with Gasteiger partial charge in [-0.1, -0.05) is 40.2 Å². The van der Waals surface area contributed by atoms with Crippen molar-refractivity contribution in [2.75, 3.05) is 0 Å². The standard InChI is InChI=1S/C29H30F2N6/c1-5-17(2)16-37-12-10-22(36-37)24-14-32-15-25(33-24)29-11-9-19(28(29,3)4)18-13-23(34-35-27(18)29)26-20(30)7-6-8-21(26)31/h6-8,10,12-15,17,19H,5,9,11,16H2,1-4H3/t17-,19-,29-/m0/s1. The summed E-state index contributed by atoms with van der Waals surface area (Å²) < 4.78 is 31.0. The van der Waals surface area contributed by atoms with E-state index in [1.807, 2.05) is 29.2 Å². The first kappa shape index (κ1) is 23.8. The van der Waals surface area contributed by atoms with E-state index in [1.165, 1.54) is 18.2 Å². The Hall–Kier alpha value is -3.55. The van der Waals surface area contributed by atoms with E-state index in [2.05, 4.69) is 42.9 Å². The van der Waals surface area contributed by atoms with Crippen molar-refractivity contribution in [3.63, 3.8) is 0 Å². The van der Waals surface area contributed by atoms with E-state index in [1.54, 1.807) is 6.20 Å². The minimum absolute atomic E-state index is 0.137. The summed E-state index contributed by atoms with van der Waals surface area (Å²) >= 11 is 0. The van der Waals surface area contributed by atoms with Crippen LogP contribution in [-0.2, 0) is 12.0 Å². The second kappa shape index (κ2) is 8.50. The molecule has 0 aliphatic heterocycles. The number of fused-ring (bicyclic) bond motifs is 5. The highest BCUT2D eigenvalue weighted by atomic mass is 19.1. The van der Waals surface area contributed by atoms with E-state index >= 15 is 0 Å². The average Bonchev–Trinajstić information content (AvgIpc) is 3.51. The monoisotopic (exact) mass is 500 g/mol. The molecule has 1 fully saturated rings. The fraction of sp³-hybridized carbons (Fsp3) is 0.414. The summed E-state index contributed by atoms with van der Waals surface area (Å²) in [6.07, 6.45) is 8.45. The number of rotatable bonds is 6. The van der Waals surface area contributed by atoms with E-state index < -0.39 is 17.0 Å². The minimum atomic E-state index is -0.641. The molecular formula is C29H30F2N6. The highest BCUT2D eigenvalue weighted by Gasteiger charge is 2.65. The zero-order valence-electron chi connectivity index (χ0n) is 21.5. The third-order valence-electron chi connectivity index (χ3n) is 8.77. The molecule has 3 atom stereocenters. The van der Waals surface area contributed by atoms with Crippen LogP contribution in [0.1, 0.15) is 69.8 Å². The fourth-order valence-electron chi connectivity index (χ4n) is 6.50. The summed E-state index contributed by atoms with van der Waals surface area (Å²) in [6, 6.07) is 7.65. The number of halogens is 2. The molecule has 2 bridgehead atoms. The smallest absolute Gasteiger partial charge is 0.135 e. The third kappa shape index (κ3) is 3.45. The van der Waals surface area contributed by atoms with Crippen molar-refractivity contribution in [1.82, 2.24) is 29.9 Å². The molecule has 8 heteroatoms. The lowest BCUT2D eigenvalue weighted by Gasteiger charge is -2.37. The summed E-state index contributed by atoms with van der Waals surface area (Å²) in [7, 11) is 0. The van der Waals surface area contributed by atoms with Crippen LogP contribution in [0.15, 0.2) is 48.9 Å². The van der Waals surface area contributed by atoms with Crippen LogP contribution in [0.5, 0.6) is 0 Å². The average molecular weight is 501 g/mol. The first-order chi connectivity index (χ1) is 17.8. The first-order valence-corrected chi connectivity index (χ1v) is 12.9. The number of nitrogens with zero attached hydrogens (tertiary/aromatic N) is 6. The molecule has 2 aliphatic rings. The van der Waals surface area contributed by atoms with Crippen molar-refractivity contribution in [3.8, 4) is 22.6 Å². The van der Waals surface area contributed by atoms with Gasteiger partial charge in [-0.25, -0.2) is 13.8 Å². The van der Waals surface area contributed by atoms with Gasteiger partial charge in [0.25, 0.3) is 0 Å². The number of benzene rings is 1. The van der Waals surface area contributed by atoms with Crippen molar-refractivity contribution in [3.05, 3.63) is 77.5 Å². The lowest BCUT2D eigenvalue weighted by Crippen LogP contribution is -2.38. The Kier molecular flexibility index (Phi) is 5.47. The molecule has 190 valence electrons. The molecule has 0 saturated heterocycles. The van der Waals surface area contributed by atoms with Crippen molar-refractivity contribution in [1.29, 1.82) is 0 Å². The predicted molar refractivity (Wildman–Crippen MR) is 137 cm³/mol. The quantitative estimate of drug-likeness (QED) is 0.310. The van der Waals surface area contributed by atoms with Crippen LogP contribution in [0.4, 0.5) is 8.78 Å². The normalized spacial score (nSPS) is 22.3. The van der Waals surface area contributed by atoms with E-state index in [0.29, 0.717) is 5.92 Å². The number of hydrogen-bond acceptors (Lipinski definition) is 5. The molecule has 3 aromatic heterocycles. The van der Waals surface area contributed by atoms with Gasteiger partial charge in [0.15, 0.2) is 0 Å². The van der Waals surface area contributed by atoms with E-state index in [9.17, 15) is 8.78 Å². The van der Waals surface area contributed by atoms with Gasteiger partial charge < -0.3 is 0 Å². The minimum Gasteiger partial charge on any atom is -0.272 e. The first-order valence-electron chi connectivity index (χ1n) is 12.9. The van der Waals surface area contributed by atoms with Crippen molar-refractivity contribution in [2.45, 2.75) is 64.8 Å². The zero-order valence-corrected chi connectivity index (χ0v) is 21.5. The van der Waals surface area contributed by atoms with Gasteiger partial charge in [0.2, 0.25) is 0 Å². The third-order valence-corrected chi connectivity index (χ3v) is 8.77. The van der Waals surface area contributed by atoms with Crippen LogP contribution in [0.2, 0.25) is 0 Å². The molecule has 3 heterocycles. The highest BCUT2D eigenvalue weighted by molar-refractivity contribution is 5.64. The van der Waals surface area contributed by atoms with Gasteiger partial charge >= 0.3 is 0 Å². The number of aromatic nitrogens is 6. The summed E-state index contributed by atoms with van der Waals surface area (Å²) in [4.78, 5) is 9.66. The van der Waals surface area contributed by atoms with Crippen molar-refractivity contribution in [2.24, 2.45) is 11.3 Å². The molecular weight excluding hydrogens is 470 g/mol. The van der Waals surface area contributed by atoms with E-state index in [4.69, 9.17) is 10.1 Å². The van der Waals surface area contributed by atoms with Gasteiger partial charge in [0.1, 0.15) is 23.0 Å². The Morgan fingerprint density at radius 1 is 1.05 bits per heavy atom. The molecule has 37 heavy (non-hydrogen) atoms. The molecule has 0 unspecified atom stereocenters. The molecule has 6 rings (SSSR count). The maximum Gasteiger partial charge on any atom is 0.135 e. The van der Waals surface area contributed by atoms with Gasteiger partial charge in [-0.3, -0.25) is 9.67 Å². The van der Waals surface area contributed by atoms with Crippen LogP contribution in [0.25, 0.3) is 22.6 Å². The lowest BCUT2D eigenvalue weighted by molar-refractivity contribution is 0.242. The van der Waals surface area contributed by atoms with Gasteiger partial charge in [-0.05, 0) is 59.9 Å². The molecule has 0 N–H and O–H groups in total. The topological polar surface area (TPSA) is 69.4 Å². The molecule has 2 aliphatic carbocycles.